The van der Waals surface area contributed by atoms with Crippen molar-refractivity contribution >= 4 is 16.9 Å². The molecule has 0 aliphatic rings. The van der Waals surface area contributed by atoms with Gasteiger partial charge < -0.3 is 19.6 Å². The Labute approximate surface area is 169 Å². The highest BCUT2D eigenvalue weighted by atomic mass is 16.5. The third kappa shape index (κ3) is 4.66. The largest absolute Gasteiger partial charge is 0.480 e. The molecule has 2 aromatic carbocycles. The number of hydrogen-bond donors (Lipinski definition) is 2. The summed E-state index contributed by atoms with van der Waals surface area (Å²) in [7, 11) is 0. The molecule has 1 heterocycles. The number of benzene rings is 2. The average Bonchev–Trinajstić information content (AvgIpc) is 2.74. The van der Waals surface area contributed by atoms with Gasteiger partial charge in [0.2, 0.25) is 0 Å². The topological polar surface area (TPSA) is 88.8 Å². The van der Waals surface area contributed by atoms with Gasteiger partial charge >= 0.3 is 5.63 Å². The molecular formula is C23H25NO5. The van der Waals surface area contributed by atoms with E-state index in [-0.39, 0.29) is 12.5 Å². The van der Waals surface area contributed by atoms with Crippen LogP contribution >= 0.6 is 0 Å². The SMILES string of the molecule is CCc1cc(=O)oc2c(C)c(OC(C)C(=O)NCC(O)c3ccccc3)ccc12. The van der Waals surface area contributed by atoms with Gasteiger partial charge in [-0.25, -0.2) is 4.79 Å². The van der Waals surface area contributed by atoms with Gasteiger partial charge in [-0.3, -0.25) is 4.79 Å². The van der Waals surface area contributed by atoms with Crippen molar-refractivity contribution in [2.45, 2.75) is 39.4 Å². The molecule has 1 amide bonds. The van der Waals surface area contributed by atoms with E-state index in [2.05, 4.69) is 5.32 Å². The van der Waals surface area contributed by atoms with Crippen molar-refractivity contribution in [3.8, 4) is 5.75 Å². The zero-order chi connectivity index (χ0) is 21.0. The number of rotatable bonds is 7. The van der Waals surface area contributed by atoms with Gasteiger partial charge in [0.15, 0.2) is 6.10 Å². The minimum Gasteiger partial charge on any atom is -0.480 e. The van der Waals surface area contributed by atoms with Crippen LogP contribution in [0.25, 0.3) is 11.0 Å². The van der Waals surface area contributed by atoms with Crippen LogP contribution in [0, 0.1) is 6.92 Å². The van der Waals surface area contributed by atoms with Crippen LogP contribution in [0.15, 0.2) is 57.7 Å². The maximum absolute atomic E-state index is 12.4. The first-order valence-electron chi connectivity index (χ1n) is 9.64. The molecule has 0 saturated heterocycles. The maximum Gasteiger partial charge on any atom is 0.336 e. The zero-order valence-corrected chi connectivity index (χ0v) is 16.8. The number of hydrogen-bond acceptors (Lipinski definition) is 5. The molecule has 0 aliphatic heterocycles. The van der Waals surface area contributed by atoms with Crippen molar-refractivity contribution in [2.24, 2.45) is 0 Å². The number of ether oxygens (including phenoxy) is 1. The quantitative estimate of drug-likeness (QED) is 0.600. The zero-order valence-electron chi connectivity index (χ0n) is 16.8. The van der Waals surface area contributed by atoms with Crippen molar-refractivity contribution in [3.05, 3.63) is 75.6 Å². The third-order valence-corrected chi connectivity index (χ3v) is 4.90. The van der Waals surface area contributed by atoms with Gasteiger partial charge in [-0.1, -0.05) is 37.3 Å². The number of aryl methyl sites for hydroxylation is 2. The van der Waals surface area contributed by atoms with E-state index in [1.54, 1.807) is 32.0 Å². The fourth-order valence-corrected chi connectivity index (χ4v) is 3.21. The Hall–Kier alpha value is -3.12. The van der Waals surface area contributed by atoms with E-state index in [9.17, 15) is 14.7 Å². The monoisotopic (exact) mass is 395 g/mol. The predicted molar refractivity (Wildman–Crippen MR) is 111 cm³/mol. The van der Waals surface area contributed by atoms with E-state index in [1.165, 1.54) is 6.07 Å². The molecule has 3 aromatic rings. The number of amides is 1. The van der Waals surface area contributed by atoms with Gasteiger partial charge in [0.1, 0.15) is 11.3 Å². The summed E-state index contributed by atoms with van der Waals surface area (Å²) in [5, 5.41) is 13.7. The molecule has 0 bridgehead atoms. The number of carbonyl (C=O) groups is 1. The Morgan fingerprint density at radius 1 is 1.21 bits per heavy atom. The normalized spacial score (nSPS) is 13.1. The second kappa shape index (κ2) is 8.92. The van der Waals surface area contributed by atoms with Crippen LogP contribution in [-0.4, -0.2) is 23.7 Å². The second-order valence-corrected chi connectivity index (χ2v) is 6.94. The molecule has 0 spiro atoms. The van der Waals surface area contributed by atoms with Gasteiger partial charge in [-0.2, -0.15) is 0 Å². The van der Waals surface area contributed by atoms with Crippen molar-refractivity contribution < 1.29 is 19.1 Å². The van der Waals surface area contributed by atoms with Crippen LogP contribution < -0.4 is 15.7 Å². The molecule has 29 heavy (non-hydrogen) atoms. The summed E-state index contributed by atoms with van der Waals surface area (Å²) in [4.78, 5) is 24.2. The molecule has 152 valence electrons. The highest BCUT2D eigenvalue weighted by Crippen LogP contribution is 2.29. The third-order valence-electron chi connectivity index (χ3n) is 4.90. The van der Waals surface area contributed by atoms with Crippen LogP contribution in [0.4, 0.5) is 0 Å². The van der Waals surface area contributed by atoms with Crippen molar-refractivity contribution in [1.82, 2.24) is 5.32 Å². The van der Waals surface area contributed by atoms with E-state index < -0.39 is 17.8 Å². The van der Waals surface area contributed by atoms with Gasteiger partial charge in [0.25, 0.3) is 5.91 Å². The first-order valence-corrected chi connectivity index (χ1v) is 9.64. The Balaban J connectivity index is 1.70. The first kappa shape index (κ1) is 20.6. The van der Waals surface area contributed by atoms with Crippen LogP contribution in [0.2, 0.25) is 0 Å². The van der Waals surface area contributed by atoms with Crippen LogP contribution in [0.5, 0.6) is 5.75 Å². The fourth-order valence-electron chi connectivity index (χ4n) is 3.21. The summed E-state index contributed by atoms with van der Waals surface area (Å²) >= 11 is 0. The minimum absolute atomic E-state index is 0.0853. The second-order valence-electron chi connectivity index (χ2n) is 6.94. The molecule has 2 unspecified atom stereocenters. The molecule has 1 aromatic heterocycles. The highest BCUT2D eigenvalue weighted by molar-refractivity contribution is 5.85. The number of aliphatic hydroxyl groups is 1. The van der Waals surface area contributed by atoms with Crippen molar-refractivity contribution in [2.75, 3.05) is 6.54 Å². The number of carbonyl (C=O) groups excluding carboxylic acids is 1. The van der Waals surface area contributed by atoms with Gasteiger partial charge in [-0.15, -0.1) is 0 Å². The van der Waals surface area contributed by atoms with E-state index in [0.717, 1.165) is 16.5 Å². The summed E-state index contributed by atoms with van der Waals surface area (Å²) in [6.07, 6.45) is -0.865. The predicted octanol–water partition coefficient (Wildman–Crippen LogP) is 3.28. The lowest BCUT2D eigenvalue weighted by molar-refractivity contribution is -0.127. The standard InChI is InChI=1S/C23H25NO5/c1-4-16-12-21(26)29-22-14(2)20(11-10-18(16)22)28-15(3)23(27)24-13-19(25)17-8-6-5-7-9-17/h5-12,15,19,25H,4,13H2,1-3H3,(H,24,27). The van der Waals surface area contributed by atoms with Crippen molar-refractivity contribution in [3.63, 3.8) is 0 Å². The maximum atomic E-state index is 12.4. The molecule has 2 atom stereocenters. The van der Waals surface area contributed by atoms with E-state index in [4.69, 9.17) is 9.15 Å². The lowest BCUT2D eigenvalue weighted by Crippen LogP contribution is -2.38. The molecule has 0 saturated carbocycles. The van der Waals surface area contributed by atoms with Crippen LogP contribution in [0.3, 0.4) is 0 Å². The summed E-state index contributed by atoms with van der Waals surface area (Å²) in [5.74, 6) is 0.128. The molecule has 0 radical (unpaired) electrons. The van der Waals surface area contributed by atoms with Gasteiger partial charge in [0, 0.05) is 23.6 Å². The van der Waals surface area contributed by atoms with Crippen LogP contribution in [0.1, 0.15) is 36.6 Å². The summed E-state index contributed by atoms with van der Waals surface area (Å²) in [5.41, 5.74) is 2.37. The molecule has 3 rings (SSSR count). The number of aliphatic hydroxyl groups excluding tert-OH is 1. The van der Waals surface area contributed by atoms with Gasteiger partial charge in [-0.05, 0) is 43.5 Å². The molecule has 0 fully saturated rings. The molecule has 6 nitrogen and oxygen atoms in total. The summed E-state index contributed by atoms with van der Waals surface area (Å²) in [6, 6.07) is 14.2. The fraction of sp³-hybridized carbons (Fsp3) is 0.304. The molecule has 0 aliphatic carbocycles. The number of nitrogens with one attached hydrogen (secondary N) is 1. The van der Waals surface area contributed by atoms with Crippen molar-refractivity contribution in [1.29, 1.82) is 0 Å². The first-order chi connectivity index (χ1) is 13.9. The molecule has 6 heteroatoms. The van der Waals surface area contributed by atoms with E-state index in [1.807, 2.05) is 31.2 Å². The highest BCUT2D eigenvalue weighted by Gasteiger charge is 2.19. The Bertz CT molecular complexity index is 1060. The Morgan fingerprint density at radius 3 is 2.62 bits per heavy atom. The number of fused-ring (bicyclic) bond motifs is 1. The Morgan fingerprint density at radius 2 is 1.93 bits per heavy atom. The Kier molecular flexibility index (Phi) is 6.34. The minimum atomic E-state index is -0.795. The molecule has 2 N–H and O–H groups in total. The van der Waals surface area contributed by atoms with E-state index >= 15 is 0 Å². The summed E-state index contributed by atoms with van der Waals surface area (Å²) < 4.78 is 11.2. The van der Waals surface area contributed by atoms with E-state index in [0.29, 0.717) is 23.3 Å². The summed E-state index contributed by atoms with van der Waals surface area (Å²) in [6.45, 7) is 5.49. The van der Waals surface area contributed by atoms with Crippen LogP contribution in [-0.2, 0) is 11.2 Å². The van der Waals surface area contributed by atoms with Gasteiger partial charge in [0.05, 0.1) is 6.10 Å². The lowest BCUT2D eigenvalue weighted by atomic mass is 10.0. The smallest absolute Gasteiger partial charge is 0.336 e. The molecular weight excluding hydrogens is 370 g/mol. The average molecular weight is 395 g/mol. The lowest BCUT2D eigenvalue weighted by Gasteiger charge is -2.18.